The largest absolute Gasteiger partial charge is 0.466 e. The van der Waals surface area contributed by atoms with Crippen LogP contribution in [-0.2, 0) is 14.3 Å². The zero-order chi connectivity index (χ0) is 14.6. The average Bonchev–Trinajstić information content (AvgIpc) is 2.74. The monoisotopic (exact) mass is 272 g/mol. The summed E-state index contributed by atoms with van der Waals surface area (Å²) in [6.07, 6.45) is -0.421. The van der Waals surface area contributed by atoms with E-state index in [4.69, 9.17) is 9.47 Å². The number of hydrogen-bond donors (Lipinski definition) is 1. The van der Waals surface area contributed by atoms with E-state index in [0.29, 0.717) is 19.7 Å². The van der Waals surface area contributed by atoms with Crippen LogP contribution in [0.5, 0.6) is 0 Å². The van der Waals surface area contributed by atoms with Crippen molar-refractivity contribution in [2.45, 2.75) is 39.3 Å². The second-order valence-corrected chi connectivity index (χ2v) is 5.68. The molecule has 1 aliphatic heterocycles. The molecule has 1 saturated heterocycles. The van der Waals surface area contributed by atoms with Crippen molar-refractivity contribution in [3.63, 3.8) is 0 Å². The predicted molar refractivity (Wildman–Crippen MR) is 70.8 cm³/mol. The maximum absolute atomic E-state index is 12.0. The summed E-state index contributed by atoms with van der Waals surface area (Å²) >= 11 is 0. The van der Waals surface area contributed by atoms with Crippen molar-refractivity contribution in [1.82, 2.24) is 10.2 Å². The molecule has 0 aromatic heterocycles. The minimum atomic E-state index is -0.545. The van der Waals surface area contributed by atoms with Gasteiger partial charge in [-0.05, 0) is 27.7 Å². The molecule has 0 aromatic carbocycles. The Morgan fingerprint density at radius 3 is 2.47 bits per heavy atom. The average molecular weight is 272 g/mol. The van der Waals surface area contributed by atoms with Crippen LogP contribution in [0.3, 0.4) is 0 Å². The topological polar surface area (TPSA) is 67.9 Å². The van der Waals surface area contributed by atoms with E-state index in [2.05, 4.69) is 5.32 Å². The van der Waals surface area contributed by atoms with Crippen LogP contribution in [0.25, 0.3) is 0 Å². The van der Waals surface area contributed by atoms with Crippen LogP contribution in [0.2, 0.25) is 0 Å². The molecule has 0 spiro atoms. The zero-order valence-corrected chi connectivity index (χ0v) is 12.4. The molecule has 1 amide bonds. The lowest BCUT2D eigenvalue weighted by molar-refractivity contribution is -0.148. The summed E-state index contributed by atoms with van der Waals surface area (Å²) in [4.78, 5) is 25.3. The van der Waals surface area contributed by atoms with E-state index >= 15 is 0 Å². The van der Waals surface area contributed by atoms with E-state index in [0.717, 1.165) is 0 Å². The molecule has 19 heavy (non-hydrogen) atoms. The number of hydrogen-bond acceptors (Lipinski definition) is 5. The van der Waals surface area contributed by atoms with E-state index in [1.165, 1.54) is 4.90 Å². The molecule has 1 N–H and O–H groups in total. The molecule has 6 heteroatoms. The molecule has 0 aliphatic carbocycles. The highest BCUT2D eigenvalue weighted by Crippen LogP contribution is 2.19. The van der Waals surface area contributed by atoms with Crippen molar-refractivity contribution < 1.29 is 19.1 Å². The van der Waals surface area contributed by atoms with E-state index in [9.17, 15) is 9.59 Å². The van der Waals surface area contributed by atoms with Crippen LogP contribution in [0, 0.1) is 5.92 Å². The molecule has 6 nitrogen and oxygen atoms in total. The van der Waals surface area contributed by atoms with Gasteiger partial charge in [0.2, 0.25) is 0 Å². The lowest BCUT2D eigenvalue weighted by Crippen LogP contribution is -2.46. The predicted octanol–water partition coefficient (Wildman–Crippen LogP) is 1.00. The minimum absolute atomic E-state index is 0.228. The van der Waals surface area contributed by atoms with E-state index < -0.39 is 11.7 Å². The van der Waals surface area contributed by atoms with Gasteiger partial charge in [-0.3, -0.25) is 4.79 Å². The van der Waals surface area contributed by atoms with Crippen molar-refractivity contribution in [3.8, 4) is 0 Å². The van der Waals surface area contributed by atoms with Gasteiger partial charge in [0, 0.05) is 20.1 Å². The summed E-state index contributed by atoms with van der Waals surface area (Å²) in [6, 6.07) is -0.228. The Kier molecular flexibility index (Phi) is 5.17. The van der Waals surface area contributed by atoms with Crippen molar-refractivity contribution in [3.05, 3.63) is 0 Å². The van der Waals surface area contributed by atoms with Crippen molar-refractivity contribution in [2.75, 3.05) is 26.7 Å². The number of ether oxygens (including phenoxy) is 2. The molecule has 1 aliphatic rings. The smallest absolute Gasteiger partial charge is 0.410 e. The van der Waals surface area contributed by atoms with Gasteiger partial charge in [-0.2, -0.15) is 0 Å². The van der Waals surface area contributed by atoms with Crippen molar-refractivity contribution >= 4 is 12.1 Å². The van der Waals surface area contributed by atoms with Gasteiger partial charge in [-0.15, -0.1) is 0 Å². The van der Waals surface area contributed by atoms with Crippen LogP contribution in [-0.4, -0.2) is 55.3 Å². The summed E-state index contributed by atoms with van der Waals surface area (Å²) in [5.74, 6) is -0.606. The number of amides is 1. The highest BCUT2D eigenvalue weighted by atomic mass is 16.6. The highest BCUT2D eigenvalue weighted by molar-refractivity contribution is 5.76. The third kappa shape index (κ3) is 4.38. The first kappa shape index (κ1) is 15.8. The number of carbonyl (C=O) groups is 2. The molecule has 2 atom stereocenters. The maximum Gasteiger partial charge on any atom is 0.410 e. The molecule has 2 unspecified atom stereocenters. The Hall–Kier alpha value is -1.30. The number of carbonyl (C=O) groups excluding carboxylic acids is 2. The molecule has 1 rings (SSSR count). The van der Waals surface area contributed by atoms with Gasteiger partial charge in [0.15, 0.2) is 0 Å². The summed E-state index contributed by atoms with van der Waals surface area (Å²) in [5, 5.41) is 3.11. The lowest BCUT2D eigenvalue weighted by Gasteiger charge is -2.30. The van der Waals surface area contributed by atoms with Gasteiger partial charge in [-0.25, -0.2) is 4.79 Å². The number of nitrogens with zero attached hydrogens (tertiary/aromatic N) is 1. The number of likely N-dealkylation sites (N-methyl/N-ethyl adjacent to an activating group) is 1. The normalized spacial score (nSPS) is 23.0. The fourth-order valence-corrected chi connectivity index (χ4v) is 2.03. The maximum atomic E-state index is 12.0. The zero-order valence-electron chi connectivity index (χ0n) is 12.4. The Morgan fingerprint density at radius 2 is 1.95 bits per heavy atom. The molecular weight excluding hydrogens is 248 g/mol. The van der Waals surface area contributed by atoms with Crippen LogP contribution in [0.1, 0.15) is 27.7 Å². The van der Waals surface area contributed by atoms with Gasteiger partial charge in [0.1, 0.15) is 5.60 Å². The fraction of sp³-hybridized carbons (Fsp3) is 0.846. The number of rotatable bonds is 3. The second kappa shape index (κ2) is 6.23. The molecule has 110 valence electrons. The molecule has 0 saturated carbocycles. The molecular formula is C13H24N2O4. The first-order valence-corrected chi connectivity index (χ1v) is 6.59. The van der Waals surface area contributed by atoms with Gasteiger partial charge in [0.05, 0.1) is 18.6 Å². The third-order valence-corrected chi connectivity index (χ3v) is 2.95. The van der Waals surface area contributed by atoms with Crippen LogP contribution in [0.15, 0.2) is 0 Å². The quantitative estimate of drug-likeness (QED) is 0.776. The van der Waals surface area contributed by atoms with Crippen molar-refractivity contribution in [2.24, 2.45) is 5.92 Å². The fourth-order valence-electron chi connectivity index (χ4n) is 2.03. The van der Waals surface area contributed by atoms with Gasteiger partial charge >= 0.3 is 12.1 Å². The van der Waals surface area contributed by atoms with Crippen LogP contribution < -0.4 is 5.32 Å². The number of esters is 1. The molecule has 0 bridgehead atoms. The summed E-state index contributed by atoms with van der Waals surface area (Å²) < 4.78 is 10.3. The van der Waals surface area contributed by atoms with Crippen molar-refractivity contribution in [1.29, 1.82) is 0 Å². The van der Waals surface area contributed by atoms with E-state index in [-0.39, 0.29) is 17.9 Å². The standard InChI is InChI=1S/C13H24N2O4/c1-6-18-11(16)9-7-14-8-10(9)15(5)12(17)19-13(2,3)4/h9-10,14H,6-8H2,1-5H3. The Balaban J connectivity index is 2.67. The third-order valence-electron chi connectivity index (χ3n) is 2.95. The van der Waals surface area contributed by atoms with Gasteiger partial charge in [0.25, 0.3) is 0 Å². The minimum Gasteiger partial charge on any atom is -0.466 e. The Morgan fingerprint density at radius 1 is 1.32 bits per heavy atom. The second-order valence-electron chi connectivity index (χ2n) is 5.68. The Bertz CT molecular complexity index is 338. The summed E-state index contributed by atoms with van der Waals surface area (Å²) in [5.41, 5.74) is -0.545. The summed E-state index contributed by atoms with van der Waals surface area (Å²) in [7, 11) is 1.65. The summed E-state index contributed by atoms with van der Waals surface area (Å²) in [6.45, 7) is 8.65. The SMILES string of the molecule is CCOC(=O)C1CNCC1N(C)C(=O)OC(C)(C)C. The van der Waals surface area contributed by atoms with E-state index in [1.807, 2.05) is 20.8 Å². The molecule has 0 radical (unpaired) electrons. The Labute approximate surface area is 114 Å². The highest BCUT2D eigenvalue weighted by Gasteiger charge is 2.39. The first-order chi connectivity index (χ1) is 8.76. The first-order valence-electron chi connectivity index (χ1n) is 6.59. The van der Waals surface area contributed by atoms with Gasteiger partial charge in [-0.1, -0.05) is 0 Å². The van der Waals surface area contributed by atoms with Crippen LogP contribution in [0.4, 0.5) is 4.79 Å². The molecule has 1 heterocycles. The molecule has 1 fully saturated rings. The van der Waals surface area contributed by atoms with Crippen LogP contribution >= 0.6 is 0 Å². The number of nitrogens with one attached hydrogen (secondary N) is 1. The van der Waals surface area contributed by atoms with E-state index in [1.54, 1.807) is 14.0 Å². The molecule has 0 aromatic rings. The lowest BCUT2D eigenvalue weighted by atomic mass is 10.0. The van der Waals surface area contributed by atoms with Gasteiger partial charge < -0.3 is 19.7 Å².